The van der Waals surface area contributed by atoms with Gasteiger partial charge in [0.1, 0.15) is 6.29 Å². The Kier molecular flexibility index (Phi) is 8.73. The highest BCUT2D eigenvalue weighted by molar-refractivity contribution is 5.64. The van der Waals surface area contributed by atoms with Crippen molar-refractivity contribution in [2.24, 2.45) is 5.41 Å². The van der Waals surface area contributed by atoms with Crippen molar-refractivity contribution in [3.05, 3.63) is 59.7 Å². The van der Waals surface area contributed by atoms with Gasteiger partial charge < -0.3 is 4.79 Å². The third-order valence-corrected chi connectivity index (χ3v) is 7.22. The Hall–Kier alpha value is -1.89. The van der Waals surface area contributed by atoms with Crippen LogP contribution in [0.2, 0.25) is 0 Å². The van der Waals surface area contributed by atoms with E-state index < -0.39 is 0 Å². The van der Waals surface area contributed by atoms with Crippen LogP contribution in [-0.2, 0) is 11.2 Å². The second kappa shape index (κ2) is 11.5. The maximum atomic E-state index is 11.6. The fourth-order valence-electron chi connectivity index (χ4n) is 5.19. The smallest absolute Gasteiger partial charge is 0.126 e. The van der Waals surface area contributed by atoms with Crippen LogP contribution in [0.3, 0.4) is 0 Å². The van der Waals surface area contributed by atoms with Crippen LogP contribution in [0.15, 0.2) is 48.5 Å². The van der Waals surface area contributed by atoms with Gasteiger partial charge in [-0.2, -0.15) is 0 Å². The van der Waals surface area contributed by atoms with Crippen molar-refractivity contribution in [1.82, 2.24) is 0 Å². The number of rotatable bonds is 11. The Bertz CT molecular complexity index is 748. The molecule has 2 aromatic carbocycles. The van der Waals surface area contributed by atoms with Crippen molar-refractivity contribution in [2.75, 3.05) is 0 Å². The lowest BCUT2D eigenvalue weighted by molar-refractivity contribution is -0.118. The molecular weight excluding hydrogens is 364 g/mol. The molecule has 1 fully saturated rings. The molecule has 3 rings (SSSR count). The summed E-state index contributed by atoms with van der Waals surface area (Å²) in [4.78, 5) is 11.6. The van der Waals surface area contributed by atoms with Crippen molar-refractivity contribution in [1.29, 1.82) is 0 Å². The van der Waals surface area contributed by atoms with E-state index in [2.05, 4.69) is 62.4 Å². The van der Waals surface area contributed by atoms with Gasteiger partial charge >= 0.3 is 0 Å². The Morgan fingerprint density at radius 2 is 1.40 bits per heavy atom. The lowest BCUT2D eigenvalue weighted by Gasteiger charge is -2.36. The highest BCUT2D eigenvalue weighted by Gasteiger charge is 2.34. The van der Waals surface area contributed by atoms with E-state index in [1.165, 1.54) is 67.1 Å². The average Bonchev–Trinajstić information content (AvgIpc) is 2.80. The van der Waals surface area contributed by atoms with Gasteiger partial charge in [-0.3, -0.25) is 0 Å². The van der Waals surface area contributed by atoms with Crippen LogP contribution in [0.5, 0.6) is 0 Å². The van der Waals surface area contributed by atoms with Gasteiger partial charge in [-0.25, -0.2) is 0 Å². The van der Waals surface area contributed by atoms with Crippen molar-refractivity contribution < 1.29 is 4.79 Å². The van der Waals surface area contributed by atoms with Crippen LogP contribution in [0, 0.1) is 5.41 Å². The SMILES string of the molecule is CCCCCCCc1ccc(-c2ccc(C3CCC(C=O)(CCC)CC3)cc2)cc1. The third kappa shape index (κ3) is 6.06. The van der Waals surface area contributed by atoms with Gasteiger partial charge in [0.2, 0.25) is 0 Å². The topological polar surface area (TPSA) is 17.1 Å². The Morgan fingerprint density at radius 1 is 0.800 bits per heavy atom. The predicted molar refractivity (Wildman–Crippen MR) is 129 cm³/mol. The summed E-state index contributed by atoms with van der Waals surface area (Å²) in [6.45, 7) is 4.46. The van der Waals surface area contributed by atoms with E-state index >= 15 is 0 Å². The lowest BCUT2D eigenvalue weighted by Crippen LogP contribution is -2.28. The molecule has 162 valence electrons. The molecule has 0 spiro atoms. The molecule has 0 radical (unpaired) electrons. The third-order valence-electron chi connectivity index (χ3n) is 7.22. The van der Waals surface area contributed by atoms with Gasteiger partial charge in [0.25, 0.3) is 0 Å². The molecule has 0 heterocycles. The van der Waals surface area contributed by atoms with Gasteiger partial charge in [0, 0.05) is 5.41 Å². The number of benzene rings is 2. The van der Waals surface area contributed by atoms with Crippen LogP contribution in [0.4, 0.5) is 0 Å². The summed E-state index contributed by atoms with van der Waals surface area (Å²) in [7, 11) is 0. The number of hydrogen-bond acceptors (Lipinski definition) is 1. The highest BCUT2D eigenvalue weighted by Crippen LogP contribution is 2.44. The summed E-state index contributed by atoms with van der Waals surface area (Å²) in [6, 6.07) is 18.4. The summed E-state index contributed by atoms with van der Waals surface area (Å²) < 4.78 is 0. The normalized spacial score (nSPS) is 21.5. The lowest BCUT2D eigenvalue weighted by atomic mass is 9.68. The minimum Gasteiger partial charge on any atom is -0.303 e. The number of hydrogen-bond donors (Lipinski definition) is 0. The molecule has 0 amide bonds. The molecule has 0 N–H and O–H groups in total. The first-order valence-corrected chi connectivity index (χ1v) is 12.4. The molecule has 0 aromatic heterocycles. The van der Waals surface area contributed by atoms with Gasteiger partial charge in [-0.15, -0.1) is 0 Å². The zero-order valence-electron chi connectivity index (χ0n) is 19.2. The maximum absolute atomic E-state index is 11.6. The van der Waals surface area contributed by atoms with E-state index in [1.54, 1.807) is 0 Å². The van der Waals surface area contributed by atoms with Crippen molar-refractivity contribution in [3.63, 3.8) is 0 Å². The molecule has 30 heavy (non-hydrogen) atoms. The predicted octanol–water partition coefficient (Wildman–Crippen LogP) is 8.51. The molecule has 2 aromatic rings. The maximum Gasteiger partial charge on any atom is 0.126 e. The summed E-state index contributed by atoms with van der Waals surface area (Å²) in [6.07, 6.45) is 15.7. The molecule has 0 aliphatic heterocycles. The molecule has 0 bridgehead atoms. The summed E-state index contributed by atoms with van der Waals surface area (Å²) >= 11 is 0. The fourth-order valence-corrected chi connectivity index (χ4v) is 5.19. The second-order valence-corrected chi connectivity index (χ2v) is 9.49. The number of aldehydes is 1. The largest absolute Gasteiger partial charge is 0.303 e. The molecule has 0 atom stereocenters. The standard InChI is InChI=1S/C29H40O/c1-3-5-6-7-8-9-24-10-12-25(13-11-24)26-14-16-27(17-15-26)28-18-21-29(23-30,20-4-2)22-19-28/h10-17,23,28H,3-9,18-22H2,1-2H3. The fraction of sp³-hybridized carbons (Fsp3) is 0.552. The number of carbonyl (C=O) groups is 1. The van der Waals surface area contributed by atoms with Crippen molar-refractivity contribution in [2.45, 2.75) is 96.8 Å². The van der Waals surface area contributed by atoms with Gasteiger partial charge in [0.15, 0.2) is 0 Å². The molecule has 1 nitrogen and oxygen atoms in total. The van der Waals surface area contributed by atoms with E-state index in [4.69, 9.17) is 0 Å². The quantitative estimate of drug-likeness (QED) is 0.271. The van der Waals surface area contributed by atoms with Gasteiger partial charge in [0.05, 0.1) is 0 Å². The number of aryl methyl sites for hydroxylation is 1. The van der Waals surface area contributed by atoms with E-state index in [-0.39, 0.29) is 5.41 Å². The van der Waals surface area contributed by atoms with Crippen LogP contribution in [0.1, 0.15) is 102 Å². The van der Waals surface area contributed by atoms with Gasteiger partial charge in [-0.1, -0.05) is 94.5 Å². The molecule has 1 saturated carbocycles. The number of unbranched alkanes of at least 4 members (excludes halogenated alkanes) is 4. The van der Waals surface area contributed by atoms with E-state index in [1.807, 2.05) is 0 Å². The molecule has 0 saturated heterocycles. The van der Waals surface area contributed by atoms with Crippen LogP contribution < -0.4 is 0 Å². The first-order valence-electron chi connectivity index (χ1n) is 12.4. The zero-order valence-corrected chi connectivity index (χ0v) is 19.2. The van der Waals surface area contributed by atoms with Gasteiger partial charge in [-0.05, 0) is 73.1 Å². The Balaban J connectivity index is 1.54. The molecule has 0 unspecified atom stereocenters. The molecule has 1 aliphatic carbocycles. The van der Waals surface area contributed by atoms with Crippen LogP contribution in [0.25, 0.3) is 11.1 Å². The monoisotopic (exact) mass is 404 g/mol. The highest BCUT2D eigenvalue weighted by atomic mass is 16.1. The van der Waals surface area contributed by atoms with Crippen molar-refractivity contribution >= 4 is 6.29 Å². The molecule has 1 heteroatoms. The second-order valence-electron chi connectivity index (χ2n) is 9.49. The summed E-state index contributed by atoms with van der Waals surface area (Å²) in [5.41, 5.74) is 5.47. The minimum atomic E-state index is -0.0388. The molecular formula is C29H40O. The summed E-state index contributed by atoms with van der Waals surface area (Å²) in [5, 5.41) is 0. The Labute approximate surface area is 184 Å². The van der Waals surface area contributed by atoms with Crippen LogP contribution in [-0.4, -0.2) is 6.29 Å². The summed E-state index contributed by atoms with van der Waals surface area (Å²) in [5.74, 6) is 0.610. The Morgan fingerprint density at radius 3 is 1.97 bits per heavy atom. The number of carbonyl (C=O) groups excluding carboxylic acids is 1. The zero-order chi connectivity index (χ0) is 21.2. The van der Waals surface area contributed by atoms with E-state index in [0.29, 0.717) is 5.92 Å². The van der Waals surface area contributed by atoms with Crippen molar-refractivity contribution in [3.8, 4) is 11.1 Å². The average molecular weight is 405 g/mol. The first-order chi connectivity index (χ1) is 14.7. The van der Waals surface area contributed by atoms with E-state index in [9.17, 15) is 4.79 Å². The van der Waals surface area contributed by atoms with E-state index in [0.717, 1.165) is 38.5 Å². The minimum absolute atomic E-state index is 0.0388. The first kappa shape index (κ1) is 22.8. The van der Waals surface area contributed by atoms with Crippen LogP contribution >= 0.6 is 0 Å². The molecule has 1 aliphatic rings.